The second kappa shape index (κ2) is 7.25. The largest absolute Gasteiger partial charge is 0.480 e. The van der Waals surface area contributed by atoms with E-state index in [0.717, 1.165) is 18.7 Å². The standard InChI is InChI=1S/C16H23N3O4/c20-15(21)9-19-4-5-22-12-16(11-19)6-13(10-23-16)7-18-14-2-1-3-17-8-14/h1-3,8,13,18H,4-7,9-12H2,(H,20,21)/t13-,16-/m0/s1. The molecule has 0 aromatic carbocycles. The van der Waals surface area contributed by atoms with Crippen molar-refractivity contribution in [3.63, 3.8) is 0 Å². The molecule has 2 atom stereocenters. The van der Waals surface area contributed by atoms with E-state index in [1.54, 1.807) is 12.4 Å². The molecule has 0 saturated carbocycles. The van der Waals surface area contributed by atoms with Gasteiger partial charge in [-0.2, -0.15) is 0 Å². The molecule has 0 unspecified atom stereocenters. The number of aromatic nitrogens is 1. The van der Waals surface area contributed by atoms with Crippen molar-refractivity contribution in [2.24, 2.45) is 5.92 Å². The number of aliphatic carboxylic acids is 1. The first-order valence-electron chi connectivity index (χ1n) is 7.95. The maximum absolute atomic E-state index is 11.0. The third-order valence-electron chi connectivity index (χ3n) is 4.33. The molecule has 1 aromatic rings. The number of carbonyl (C=O) groups is 1. The van der Waals surface area contributed by atoms with Gasteiger partial charge in [-0.25, -0.2) is 0 Å². The van der Waals surface area contributed by atoms with Crippen molar-refractivity contribution in [3.05, 3.63) is 24.5 Å². The lowest BCUT2D eigenvalue weighted by Gasteiger charge is -2.30. The van der Waals surface area contributed by atoms with E-state index in [1.165, 1.54) is 0 Å². The molecule has 0 radical (unpaired) electrons. The molecule has 0 bridgehead atoms. The van der Waals surface area contributed by atoms with E-state index in [-0.39, 0.29) is 12.1 Å². The first-order valence-corrected chi connectivity index (χ1v) is 7.95. The summed E-state index contributed by atoms with van der Waals surface area (Å²) in [6, 6.07) is 3.89. The Morgan fingerprint density at radius 2 is 2.48 bits per heavy atom. The number of anilines is 1. The summed E-state index contributed by atoms with van der Waals surface area (Å²) in [5.41, 5.74) is 0.617. The average Bonchev–Trinajstić information content (AvgIpc) is 2.82. The first-order chi connectivity index (χ1) is 11.2. The van der Waals surface area contributed by atoms with Crippen LogP contribution in [0.25, 0.3) is 0 Å². The second-order valence-corrected chi connectivity index (χ2v) is 6.34. The van der Waals surface area contributed by atoms with Gasteiger partial charge in [0.25, 0.3) is 0 Å². The monoisotopic (exact) mass is 321 g/mol. The van der Waals surface area contributed by atoms with Gasteiger partial charge in [-0.3, -0.25) is 14.7 Å². The minimum atomic E-state index is -0.810. The molecule has 23 heavy (non-hydrogen) atoms. The molecule has 1 spiro atoms. The van der Waals surface area contributed by atoms with Gasteiger partial charge >= 0.3 is 5.97 Å². The number of carboxylic acids is 1. The predicted octanol–water partition coefficient (Wildman–Crippen LogP) is 0.686. The summed E-state index contributed by atoms with van der Waals surface area (Å²) in [6.07, 6.45) is 4.42. The fourth-order valence-corrected chi connectivity index (χ4v) is 3.32. The summed E-state index contributed by atoms with van der Waals surface area (Å²) >= 11 is 0. The summed E-state index contributed by atoms with van der Waals surface area (Å²) < 4.78 is 11.7. The smallest absolute Gasteiger partial charge is 0.317 e. The van der Waals surface area contributed by atoms with E-state index in [0.29, 0.717) is 38.8 Å². The molecule has 2 N–H and O–H groups in total. The topological polar surface area (TPSA) is 83.9 Å². The van der Waals surface area contributed by atoms with Crippen LogP contribution in [-0.2, 0) is 14.3 Å². The van der Waals surface area contributed by atoms with Crippen LogP contribution in [0.3, 0.4) is 0 Å². The van der Waals surface area contributed by atoms with Crippen LogP contribution in [0, 0.1) is 5.92 Å². The molecular formula is C16H23N3O4. The Morgan fingerprint density at radius 1 is 1.57 bits per heavy atom. The minimum absolute atomic E-state index is 0.0348. The zero-order valence-corrected chi connectivity index (χ0v) is 13.1. The Kier molecular flexibility index (Phi) is 5.09. The van der Waals surface area contributed by atoms with Crippen molar-refractivity contribution in [2.75, 3.05) is 51.3 Å². The number of carboxylic acid groups (broad SMARTS) is 1. The highest BCUT2D eigenvalue weighted by Crippen LogP contribution is 2.32. The second-order valence-electron chi connectivity index (χ2n) is 6.34. The zero-order valence-electron chi connectivity index (χ0n) is 13.1. The number of ether oxygens (including phenoxy) is 2. The van der Waals surface area contributed by atoms with Crippen LogP contribution in [0.4, 0.5) is 5.69 Å². The molecule has 3 rings (SSSR count). The molecule has 1 aromatic heterocycles. The third-order valence-corrected chi connectivity index (χ3v) is 4.33. The third kappa shape index (κ3) is 4.40. The van der Waals surface area contributed by atoms with Gasteiger partial charge in [0.2, 0.25) is 0 Å². The maximum atomic E-state index is 11.0. The van der Waals surface area contributed by atoms with Crippen LogP contribution >= 0.6 is 0 Å². The van der Waals surface area contributed by atoms with Crippen molar-refractivity contribution >= 4 is 11.7 Å². The number of pyridine rings is 1. The van der Waals surface area contributed by atoms with E-state index < -0.39 is 5.97 Å². The molecule has 2 aliphatic heterocycles. The number of hydrogen-bond acceptors (Lipinski definition) is 6. The average molecular weight is 321 g/mol. The van der Waals surface area contributed by atoms with Crippen molar-refractivity contribution < 1.29 is 19.4 Å². The number of nitrogens with one attached hydrogen (secondary N) is 1. The predicted molar refractivity (Wildman–Crippen MR) is 84.4 cm³/mol. The van der Waals surface area contributed by atoms with Gasteiger partial charge in [-0.05, 0) is 18.6 Å². The van der Waals surface area contributed by atoms with Gasteiger partial charge in [0, 0.05) is 37.9 Å². The summed E-state index contributed by atoms with van der Waals surface area (Å²) in [7, 11) is 0. The minimum Gasteiger partial charge on any atom is -0.480 e. The van der Waals surface area contributed by atoms with E-state index in [9.17, 15) is 4.79 Å². The lowest BCUT2D eigenvalue weighted by molar-refractivity contribution is -0.139. The molecule has 0 aliphatic carbocycles. The summed E-state index contributed by atoms with van der Waals surface area (Å²) in [5, 5.41) is 12.4. The molecular weight excluding hydrogens is 298 g/mol. The molecule has 2 saturated heterocycles. The molecule has 3 heterocycles. The molecule has 7 heteroatoms. The lowest BCUT2D eigenvalue weighted by Crippen LogP contribution is -2.45. The number of nitrogens with zero attached hydrogens (tertiary/aromatic N) is 2. The quantitative estimate of drug-likeness (QED) is 0.825. The highest BCUT2D eigenvalue weighted by Gasteiger charge is 2.43. The van der Waals surface area contributed by atoms with Crippen LogP contribution in [0.5, 0.6) is 0 Å². The van der Waals surface area contributed by atoms with Gasteiger partial charge < -0.3 is 19.9 Å². The first kappa shape index (κ1) is 16.2. The summed E-state index contributed by atoms with van der Waals surface area (Å²) in [4.78, 5) is 17.0. The summed E-state index contributed by atoms with van der Waals surface area (Å²) in [6.45, 7) is 3.85. The fourth-order valence-electron chi connectivity index (χ4n) is 3.32. The van der Waals surface area contributed by atoms with Gasteiger partial charge in [0.05, 0.1) is 32.1 Å². The van der Waals surface area contributed by atoms with Crippen LogP contribution in [0.15, 0.2) is 24.5 Å². The molecule has 2 fully saturated rings. The van der Waals surface area contributed by atoms with Gasteiger partial charge in [-0.15, -0.1) is 0 Å². The fraction of sp³-hybridized carbons (Fsp3) is 0.625. The Labute approximate surface area is 135 Å². The van der Waals surface area contributed by atoms with Crippen LogP contribution in [0.1, 0.15) is 6.42 Å². The van der Waals surface area contributed by atoms with E-state index in [2.05, 4.69) is 10.3 Å². The zero-order chi connectivity index (χ0) is 16.1. The lowest BCUT2D eigenvalue weighted by atomic mass is 9.94. The van der Waals surface area contributed by atoms with E-state index >= 15 is 0 Å². The van der Waals surface area contributed by atoms with Crippen LogP contribution in [0.2, 0.25) is 0 Å². The van der Waals surface area contributed by atoms with Crippen molar-refractivity contribution in [1.82, 2.24) is 9.88 Å². The van der Waals surface area contributed by atoms with Gasteiger partial charge in [0.15, 0.2) is 0 Å². The highest BCUT2D eigenvalue weighted by atomic mass is 16.5. The van der Waals surface area contributed by atoms with Crippen molar-refractivity contribution in [2.45, 2.75) is 12.0 Å². The normalized spacial score (nSPS) is 28.6. The SMILES string of the molecule is O=C(O)CN1CCOC[C@]2(C[C@@H](CNc3cccnc3)CO2)C1. The Bertz CT molecular complexity index is 527. The molecule has 126 valence electrons. The van der Waals surface area contributed by atoms with E-state index in [1.807, 2.05) is 17.0 Å². The van der Waals surface area contributed by atoms with Crippen LogP contribution in [-0.4, -0.2) is 72.6 Å². The maximum Gasteiger partial charge on any atom is 0.317 e. The summed E-state index contributed by atoms with van der Waals surface area (Å²) in [5.74, 6) is -0.432. The highest BCUT2D eigenvalue weighted by molar-refractivity contribution is 5.69. The number of rotatable bonds is 5. The molecule has 7 nitrogen and oxygen atoms in total. The van der Waals surface area contributed by atoms with Crippen LogP contribution < -0.4 is 5.32 Å². The molecule has 2 aliphatic rings. The molecule has 0 amide bonds. The van der Waals surface area contributed by atoms with Crippen molar-refractivity contribution in [3.8, 4) is 0 Å². The van der Waals surface area contributed by atoms with E-state index in [4.69, 9.17) is 14.6 Å². The Morgan fingerprint density at radius 3 is 3.26 bits per heavy atom. The number of hydrogen-bond donors (Lipinski definition) is 2. The Balaban J connectivity index is 1.55. The van der Waals surface area contributed by atoms with Gasteiger partial charge in [0.1, 0.15) is 5.60 Å². The van der Waals surface area contributed by atoms with Crippen molar-refractivity contribution in [1.29, 1.82) is 0 Å². The van der Waals surface area contributed by atoms with Gasteiger partial charge in [-0.1, -0.05) is 0 Å². The Hall–Kier alpha value is -1.70.